The standard InChI is InChI=1S/C7H7N3O2/c1-5-3-6(10-12-5)9-7(11)4-8-2/h3H,4H2,1H3,(H,9,10,11). The fraction of sp³-hybridized carbons (Fsp3) is 0.286. The first-order valence-electron chi connectivity index (χ1n) is 3.29. The molecule has 1 heterocycles. The normalized spacial score (nSPS) is 9.00. The lowest BCUT2D eigenvalue weighted by Gasteiger charge is -1.91. The Kier molecular flexibility index (Phi) is 2.43. The van der Waals surface area contributed by atoms with E-state index in [0.717, 1.165) is 0 Å². The number of carbonyl (C=O) groups is 1. The maximum absolute atomic E-state index is 10.8. The Labute approximate surface area is 69.2 Å². The van der Waals surface area contributed by atoms with Gasteiger partial charge < -0.3 is 14.7 Å². The van der Waals surface area contributed by atoms with Crippen molar-refractivity contribution >= 4 is 11.7 Å². The van der Waals surface area contributed by atoms with Crippen LogP contribution in [-0.4, -0.2) is 17.6 Å². The van der Waals surface area contributed by atoms with Gasteiger partial charge in [-0.2, -0.15) is 0 Å². The minimum Gasteiger partial charge on any atom is -0.360 e. The van der Waals surface area contributed by atoms with Crippen molar-refractivity contribution in [2.75, 3.05) is 11.9 Å². The van der Waals surface area contributed by atoms with Crippen molar-refractivity contribution in [3.8, 4) is 0 Å². The third-order valence-electron chi connectivity index (χ3n) is 1.12. The number of aromatic nitrogens is 1. The van der Waals surface area contributed by atoms with Crippen molar-refractivity contribution in [2.24, 2.45) is 0 Å². The molecule has 0 saturated carbocycles. The Hall–Kier alpha value is -1.83. The van der Waals surface area contributed by atoms with E-state index in [9.17, 15) is 4.79 Å². The highest BCUT2D eigenvalue weighted by atomic mass is 16.5. The molecule has 0 unspecified atom stereocenters. The molecule has 0 saturated heterocycles. The molecule has 62 valence electrons. The van der Waals surface area contributed by atoms with Crippen LogP contribution in [0.4, 0.5) is 5.82 Å². The summed E-state index contributed by atoms with van der Waals surface area (Å²) in [5.74, 6) is 0.590. The quantitative estimate of drug-likeness (QED) is 0.660. The molecule has 1 aromatic rings. The topological polar surface area (TPSA) is 59.5 Å². The van der Waals surface area contributed by atoms with Gasteiger partial charge >= 0.3 is 5.91 Å². The van der Waals surface area contributed by atoms with Gasteiger partial charge in [-0.15, -0.1) is 0 Å². The van der Waals surface area contributed by atoms with Gasteiger partial charge in [-0.1, -0.05) is 5.16 Å². The van der Waals surface area contributed by atoms with E-state index in [1.54, 1.807) is 13.0 Å². The lowest BCUT2D eigenvalue weighted by Crippen LogP contribution is -2.13. The van der Waals surface area contributed by atoms with Gasteiger partial charge in [0.25, 0.3) is 6.54 Å². The molecule has 1 rings (SSSR count). The SMILES string of the molecule is [C-]#[N+]CC(=O)Nc1cc(C)on1. The fourth-order valence-corrected chi connectivity index (χ4v) is 0.679. The fourth-order valence-electron chi connectivity index (χ4n) is 0.679. The number of anilines is 1. The van der Waals surface area contributed by atoms with Crippen LogP contribution in [0, 0.1) is 13.5 Å². The summed E-state index contributed by atoms with van der Waals surface area (Å²) in [5, 5.41) is 5.93. The molecule has 0 aromatic carbocycles. The summed E-state index contributed by atoms with van der Waals surface area (Å²) in [4.78, 5) is 13.7. The lowest BCUT2D eigenvalue weighted by molar-refractivity contribution is -0.114. The molecule has 0 bridgehead atoms. The summed E-state index contributed by atoms with van der Waals surface area (Å²) in [5.41, 5.74) is 0. The van der Waals surface area contributed by atoms with Crippen LogP contribution in [0.3, 0.4) is 0 Å². The summed E-state index contributed by atoms with van der Waals surface area (Å²) < 4.78 is 4.70. The third kappa shape index (κ3) is 2.09. The predicted molar refractivity (Wildman–Crippen MR) is 41.3 cm³/mol. The smallest absolute Gasteiger partial charge is 0.305 e. The molecule has 0 fully saturated rings. The van der Waals surface area contributed by atoms with Crippen LogP contribution < -0.4 is 5.32 Å². The molecular weight excluding hydrogens is 158 g/mol. The molecule has 1 aromatic heterocycles. The van der Waals surface area contributed by atoms with Gasteiger partial charge in [-0.25, -0.2) is 6.57 Å². The van der Waals surface area contributed by atoms with E-state index in [4.69, 9.17) is 11.1 Å². The van der Waals surface area contributed by atoms with Crippen LogP contribution in [0.1, 0.15) is 5.76 Å². The summed E-state index contributed by atoms with van der Waals surface area (Å²) >= 11 is 0. The monoisotopic (exact) mass is 165 g/mol. The minimum absolute atomic E-state index is 0.189. The van der Waals surface area contributed by atoms with Gasteiger partial charge in [0.2, 0.25) is 0 Å². The largest absolute Gasteiger partial charge is 0.360 e. The van der Waals surface area contributed by atoms with E-state index in [1.165, 1.54) is 0 Å². The van der Waals surface area contributed by atoms with Gasteiger partial charge in [0.1, 0.15) is 5.76 Å². The Bertz CT molecular complexity index is 324. The number of nitrogens with one attached hydrogen (secondary N) is 1. The van der Waals surface area contributed by atoms with Crippen molar-refractivity contribution in [2.45, 2.75) is 6.92 Å². The first-order chi connectivity index (χ1) is 5.72. The number of carbonyl (C=O) groups excluding carboxylic acids is 1. The zero-order valence-electron chi connectivity index (χ0n) is 6.50. The average molecular weight is 165 g/mol. The number of hydrogen-bond donors (Lipinski definition) is 1. The zero-order valence-corrected chi connectivity index (χ0v) is 6.50. The maximum Gasteiger partial charge on any atom is 0.305 e. The third-order valence-corrected chi connectivity index (χ3v) is 1.12. The van der Waals surface area contributed by atoms with Gasteiger partial charge in [0.15, 0.2) is 5.82 Å². The van der Waals surface area contributed by atoms with Gasteiger partial charge in [0.05, 0.1) is 0 Å². The Morgan fingerprint density at radius 1 is 1.92 bits per heavy atom. The highest BCUT2D eigenvalue weighted by molar-refractivity contribution is 5.92. The van der Waals surface area contributed by atoms with Crippen LogP contribution in [0.5, 0.6) is 0 Å². The molecule has 12 heavy (non-hydrogen) atoms. The van der Waals surface area contributed by atoms with Crippen molar-refractivity contribution in [3.05, 3.63) is 23.2 Å². The molecule has 5 nitrogen and oxygen atoms in total. The molecule has 0 radical (unpaired) electrons. The van der Waals surface area contributed by atoms with Crippen molar-refractivity contribution in [3.63, 3.8) is 0 Å². The van der Waals surface area contributed by atoms with E-state index in [1.807, 2.05) is 0 Å². The molecule has 1 N–H and O–H groups in total. The van der Waals surface area contributed by atoms with E-state index < -0.39 is 0 Å². The van der Waals surface area contributed by atoms with Crippen LogP contribution in [-0.2, 0) is 4.79 Å². The van der Waals surface area contributed by atoms with Gasteiger partial charge in [-0.3, -0.25) is 4.79 Å². The van der Waals surface area contributed by atoms with Crippen molar-refractivity contribution in [1.82, 2.24) is 5.16 Å². The lowest BCUT2D eigenvalue weighted by atomic mass is 10.5. The number of rotatable bonds is 2. The second-order valence-corrected chi connectivity index (χ2v) is 2.19. The van der Waals surface area contributed by atoms with Crippen LogP contribution in [0.25, 0.3) is 4.85 Å². The first kappa shape index (κ1) is 8.27. The summed E-state index contributed by atoms with van der Waals surface area (Å²) in [6, 6.07) is 1.59. The molecule has 0 spiro atoms. The predicted octanol–water partition coefficient (Wildman–Crippen LogP) is 0.841. The van der Waals surface area contributed by atoms with Crippen LogP contribution >= 0.6 is 0 Å². The Morgan fingerprint density at radius 2 is 2.67 bits per heavy atom. The van der Waals surface area contributed by atoms with E-state index in [2.05, 4.69) is 15.3 Å². The van der Waals surface area contributed by atoms with Gasteiger partial charge in [0, 0.05) is 6.07 Å². The highest BCUT2D eigenvalue weighted by Crippen LogP contribution is 2.06. The molecule has 0 aliphatic carbocycles. The maximum atomic E-state index is 10.8. The van der Waals surface area contributed by atoms with Crippen LogP contribution in [0.15, 0.2) is 10.6 Å². The first-order valence-corrected chi connectivity index (χ1v) is 3.29. The number of nitrogens with zero attached hydrogens (tertiary/aromatic N) is 2. The van der Waals surface area contributed by atoms with Crippen LogP contribution in [0.2, 0.25) is 0 Å². The number of amides is 1. The van der Waals surface area contributed by atoms with E-state index >= 15 is 0 Å². The average Bonchev–Trinajstić information content (AvgIpc) is 2.36. The summed E-state index contributed by atoms with van der Waals surface area (Å²) in [6.07, 6.45) is 0. The molecule has 0 aliphatic heterocycles. The van der Waals surface area contributed by atoms with E-state index in [0.29, 0.717) is 11.6 Å². The molecule has 5 heteroatoms. The Balaban J connectivity index is 2.53. The molecule has 1 amide bonds. The van der Waals surface area contributed by atoms with Crippen molar-refractivity contribution in [1.29, 1.82) is 0 Å². The summed E-state index contributed by atoms with van der Waals surface area (Å²) in [6.45, 7) is 7.96. The molecule has 0 atom stereocenters. The summed E-state index contributed by atoms with van der Waals surface area (Å²) in [7, 11) is 0. The number of aryl methyl sites for hydroxylation is 1. The highest BCUT2D eigenvalue weighted by Gasteiger charge is 2.06. The van der Waals surface area contributed by atoms with Crippen molar-refractivity contribution < 1.29 is 9.32 Å². The molecular formula is C7H7N3O2. The Morgan fingerprint density at radius 3 is 3.17 bits per heavy atom. The minimum atomic E-state index is -0.377. The van der Waals surface area contributed by atoms with Gasteiger partial charge in [-0.05, 0) is 6.92 Å². The molecule has 0 aliphatic rings. The zero-order chi connectivity index (χ0) is 8.97. The number of hydrogen-bond acceptors (Lipinski definition) is 3. The van der Waals surface area contributed by atoms with E-state index in [-0.39, 0.29) is 12.5 Å². The second kappa shape index (κ2) is 3.53. The second-order valence-electron chi connectivity index (χ2n) is 2.19.